The summed E-state index contributed by atoms with van der Waals surface area (Å²) < 4.78 is 1.60. The van der Waals surface area contributed by atoms with Crippen LogP contribution in [0.4, 0.5) is 11.4 Å². The molecule has 0 aliphatic carbocycles. The van der Waals surface area contributed by atoms with E-state index < -0.39 is 10.7 Å². The highest BCUT2D eigenvalue weighted by atomic mass is 32.1. The number of pyridine rings is 1. The van der Waals surface area contributed by atoms with Crippen LogP contribution in [-0.2, 0) is 0 Å². The Balaban J connectivity index is 2.11. The Morgan fingerprint density at radius 2 is 1.68 bits per heavy atom. The number of aryl methyl sites for hydroxylation is 1. The molecule has 0 amide bonds. The van der Waals surface area contributed by atoms with Gasteiger partial charge in [-0.05, 0) is 30.4 Å². The lowest BCUT2D eigenvalue weighted by atomic mass is 10.1. The summed E-state index contributed by atoms with van der Waals surface area (Å²) in [6, 6.07) is 19.0. The van der Waals surface area contributed by atoms with Gasteiger partial charge >= 0.3 is 0 Å². The van der Waals surface area contributed by atoms with Crippen molar-refractivity contribution in [2.24, 2.45) is 0 Å². The highest BCUT2D eigenvalue weighted by Crippen LogP contribution is 2.24. The molecular formula is C21H17N3O3S. The molecular weight excluding hydrogens is 374 g/mol. The van der Waals surface area contributed by atoms with Crippen LogP contribution in [0.5, 0.6) is 0 Å². The fourth-order valence-electron chi connectivity index (χ4n) is 2.68. The first-order valence-corrected chi connectivity index (χ1v) is 8.88. The Kier molecular flexibility index (Phi) is 5.76. The van der Waals surface area contributed by atoms with E-state index in [0.29, 0.717) is 5.56 Å². The minimum Gasteiger partial charge on any atom is -0.867 e. The van der Waals surface area contributed by atoms with Crippen LogP contribution >= 0.6 is 12.2 Å². The lowest BCUT2D eigenvalue weighted by molar-refractivity contribution is -0.577. The Morgan fingerprint density at radius 1 is 1.04 bits per heavy atom. The number of para-hydroxylation sites is 1. The third-order valence-electron chi connectivity index (χ3n) is 4.10. The third-order valence-corrected chi connectivity index (χ3v) is 4.40. The van der Waals surface area contributed by atoms with Crippen molar-refractivity contribution in [1.82, 2.24) is 0 Å². The number of anilines is 1. The summed E-state index contributed by atoms with van der Waals surface area (Å²) in [5.41, 5.74) is 1.52. The van der Waals surface area contributed by atoms with Crippen LogP contribution in [0.1, 0.15) is 11.1 Å². The summed E-state index contributed by atoms with van der Waals surface area (Å²) in [5.74, 6) is -0.410. The van der Waals surface area contributed by atoms with Crippen molar-refractivity contribution in [3.05, 3.63) is 100 Å². The number of hydrogen-bond acceptors (Lipinski definition) is 4. The van der Waals surface area contributed by atoms with Crippen molar-refractivity contribution in [3.8, 4) is 0 Å². The van der Waals surface area contributed by atoms with Crippen molar-refractivity contribution in [2.45, 2.75) is 6.92 Å². The summed E-state index contributed by atoms with van der Waals surface area (Å²) >= 11 is 5.50. The van der Waals surface area contributed by atoms with Crippen molar-refractivity contribution in [3.63, 3.8) is 0 Å². The average molecular weight is 391 g/mol. The van der Waals surface area contributed by atoms with Crippen LogP contribution in [0.25, 0.3) is 11.5 Å². The summed E-state index contributed by atoms with van der Waals surface area (Å²) in [5, 5.41) is 27.6. The third kappa shape index (κ3) is 4.21. The summed E-state index contributed by atoms with van der Waals surface area (Å²) in [6.45, 7) is 1.63. The van der Waals surface area contributed by atoms with Crippen LogP contribution in [0.15, 0.2) is 79.1 Å². The van der Waals surface area contributed by atoms with E-state index in [4.69, 9.17) is 12.2 Å². The molecule has 2 aromatic carbocycles. The zero-order chi connectivity index (χ0) is 20.1. The van der Waals surface area contributed by atoms with Gasteiger partial charge in [0, 0.05) is 29.4 Å². The second-order valence-electron chi connectivity index (χ2n) is 6.04. The van der Waals surface area contributed by atoms with Gasteiger partial charge in [-0.2, -0.15) is 4.57 Å². The Hall–Kier alpha value is -3.58. The molecule has 0 atom stereocenters. The molecule has 1 heterocycles. The van der Waals surface area contributed by atoms with E-state index in [1.165, 1.54) is 6.07 Å². The zero-order valence-electron chi connectivity index (χ0n) is 15.0. The maximum Gasteiger partial charge on any atom is 0.272 e. The van der Waals surface area contributed by atoms with Gasteiger partial charge in [-0.3, -0.25) is 10.1 Å². The molecule has 0 aliphatic rings. The fraction of sp³-hybridized carbons (Fsp3) is 0.0476. The predicted molar refractivity (Wildman–Crippen MR) is 110 cm³/mol. The first-order valence-electron chi connectivity index (χ1n) is 8.47. The number of benzene rings is 2. The standard InChI is InChI=1S/C21H17N3O3S/c1-15-10-11-16(14-18(15)24(26)27)20(25)19(23-12-6-3-7-13-23)21(28)22-17-8-4-2-5-9-17/h2-14H,1H3,(H-,22,25,28). The molecule has 0 unspecified atom stereocenters. The predicted octanol–water partition coefficient (Wildman–Crippen LogP) is 3.32. The number of rotatable bonds is 5. The first kappa shape index (κ1) is 19.2. The van der Waals surface area contributed by atoms with Crippen LogP contribution in [0, 0.1) is 17.0 Å². The average Bonchev–Trinajstić information content (AvgIpc) is 2.69. The lowest BCUT2D eigenvalue weighted by Crippen LogP contribution is -2.39. The van der Waals surface area contributed by atoms with Gasteiger partial charge in [-0.25, -0.2) is 0 Å². The van der Waals surface area contributed by atoms with Gasteiger partial charge in [-0.1, -0.05) is 48.6 Å². The second-order valence-corrected chi connectivity index (χ2v) is 6.45. The SMILES string of the molecule is Cc1ccc(C([O-])=C(C(=S)Nc2ccccc2)[n+]2ccccc2)cc1[N+](=O)[O-]. The van der Waals surface area contributed by atoms with E-state index in [1.807, 2.05) is 36.4 Å². The maximum atomic E-state index is 13.3. The van der Waals surface area contributed by atoms with Gasteiger partial charge < -0.3 is 10.4 Å². The van der Waals surface area contributed by atoms with Gasteiger partial charge in [0.25, 0.3) is 5.69 Å². The van der Waals surface area contributed by atoms with E-state index in [9.17, 15) is 15.2 Å². The highest BCUT2D eigenvalue weighted by molar-refractivity contribution is 7.81. The van der Waals surface area contributed by atoms with E-state index in [-0.39, 0.29) is 21.9 Å². The van der Waals surface area contributed by atoms with Crippen LogP contribution in [0.3, 0.4) is 0 Å². The second kappa shape index (κ2) is 8.41. The molecule has 1 aromatic heterocycles. The monoisotopic (exact) mass is 391 g/mol. The molecule has 0 radical (unpaired) electrons. The largest absolute Gasteiger partial charge is 0.867 e. The molecule has 3 rings (SSSR count). The lowest BCUT2D eigenvalue weighted by Gasteiger charge is -2.17. The number of nitrogens with one attached hydrogen (secondary N) is 1. The zero-order valence-corrected chi connectivity index (χ0v) is 15.8. The number of nitrogens with zero attached hydrogens (tertiary/aromatic N) is 2. The molecule has 7 heteroatoms. The van der Waals surface area contributed by atoms with Crippen molar-refractivity contribution in [1.29, 1.82) is 0 Å². The van der Waals surface area contributed by atoms with Crippen LogP contribution in [-0.4, -0.2) is 9.91 Å². The molecule has 140 valence electrons. The normalized spacial score (nSPS) is 11.5. The van der Waals surface area contributed by atoms with Crippen molar-refractivity contribution in [2.75, 3.05) is 5.32 Å². The molecule has 0 aliphatic heterocycles. The topological polar surface area (TPSA) is 82.1 Å². The number of aromatic nitrogens is 1. The molecule has 0 spiro atoms. The van der Waals surface area contributed by atoms with E-state index in [1.54, 1.807) is 48.1 Å². The number of hydrogen-bond donors (Lipinski definition) is 1. The Bertz CT molecular complexity index is 1050. The quantitative estimate of drug-likeness (QED) is 0.180. The summed E-state index contributed by atoms with van der Waals surface area (Å²) in [7, 11) is 0. The molecule has 0 fully saturated rings. The highest BCUT2D eigenvalue weighted by Gasteiger charge is 2.20. The number of nitro groups is 1. The molecule has 0 saturated carbocycles. The van der Waals surface area contributed by atoms with E-state index in [2.05, 4.69) is 5.32 Å². The molecule has 0 bridgehead atoms. The maximum absolute atomic E-state index is 13.3. The van der Waals surface area contributed by atoms with Gasteiger partial charge in [0.05, 0.1) is 4.92 Å². The Labute approximate surface area is 167 Å². The smallest absolute Gasteiger partial charge is 0.272 e. The number of nitro benzene ring substituents is 1. The molecule has 0 saturated heterocycles. The minimum atomic E-state index is -0.498. The van der Waals surface area contributed by atoms with Gasteiger partial charge in [-0.15, -0.1) is 0 Å². The fourth-order valence-corrected chi connectivity index (χ4v) is 3.00. The molecule has 28 heavy (non-hydrogen) atoms. The van der Waals surface area contributed by atoms with Gasteiger partial charge in [0.15, 0.2) is 17.4 Å². The molecule has 1 N–H and O–H groups in total. The van der Waals surface area contributed by atoms with E-state index >= 15 is 0 Å². The number of thiocarbonyl (C=S) groups is 1. The van der Waals surface area contributed by atoms with Crippen molar-refractivity contribution < 1.29 is 14.6 Å². The Morgan fingerprint density at radius 3 is 2.32 bits per heavy atom. The van der Waals surface area contributed by atoms with Crippen molar-refractivity contribution >= 4 is 40.0 Å². The first-order chi connectivity index (χ1) is 13.5. The summed E-state index contributed by atoms with van der Waals surface area (Å²) in [6.07, 6.45) is 3.41. The van der Waals surface area contributed by atoms with Crippen LogP contribution < -0.4 is 15.0 Å². The molecule has 6 nitrogen and oxygen atoms in total. The summed E-state index contributed by atoms with van der Waals surface area (Å²) in [4.78, 5) is 11.0. The van der Waals surface area contributed by atoms with Crippen LogP contribution in [0.2, 0.25) is 0 Å². The minimum absolute atomic E-state index is 0.106. The van der Waals surface area contributed by atoms with Gasteiger partial charge in [0.1, 0.15) is 0 Å². The van der Waals surface area contributed by atoms with E-state index in [0.717, 1.165) is 5.69 Å². The molecule has 3 aromatic rings. The van der Waals surface area contributed by atoms with Gasteiger partial charge in [0.2, 0.25) is 5.70 Å².